The molecule has 0 unspecified atom stereocenters. The molecule has 1 aromatic heterocycles. The van der Waals surface area contributed by atoms with Gasteiger partial charge in [0.2, 0.25) is 0 Å². The molecule has 0 bridgehead atoms. The molecule has 0 aliphatic carbocycles. The van der Waals surface area contributed by atoms with Crippen LogP contribution >= 0.6 is 27.3 Å². The average Bonchev–Trinajstić information content (AvgIpc) is 3.42. The zero-order valence-corrected chi connectivity index (χ0v) is 28.6. The second-order valence-corrected chi connectivity index (χ2v) is 12.6. The molecule has 0 fully saturated rings. The van der Waals surface area contributed by atoms with Crippen LogP contribution in [0, 0.1) is 0 Å². The number of esters is 2. The van der Waals surface area contributed by atoms with Crippen LogP contribution in [0.25, 0.3) is 11.8 Å². The number of carbonyl (C=O) groups is 2. The van der Waals surface area contributed by atoms with Crippen molar-refractivity contribution in [2.45, 2.75) is 26.5 Å². The van der Waals surface area contributed by atoms with Gasteiger partial charge in [0.05, 0.1) is 45.1 Å². The van der Waals surface area contributed by atoms with E-state index in [9.17, 15) is 14.4 Å². The lowest BCUT2D eigenvalue weighted by Crippen LogP contribution is -2.39. The topological polar surface area (TPSA) is 96.2 Å². The van der Waals surface area contributed by atoms with E-state index < -0.39 is 12.0 Å². The van der Waals surface area contributed by atoms with Gasteiger partial charge in [0.1, 0.15) is 12.4 Å². The highest BCUT2D eigenvalue weighted by Gasteiger charge is 2.35. The van der Waals surface area contributed by atoms with Gasteiger partial charge in [-0.1, -0.05) is 90.2 Å². The van der Waals surface area contributed by atoms with Gasteiger partial charge in [-0.15, -0.1) is 0 Å². The summed E-state index contributed by atoms with van der Waals surface area (Å²) in [6.07, 6.45) is 1.81. The lowest BCUT2D eigenvalue weighted by molar-refractivity contribution is -0.138. The summed E-state index contributed by atoms with van der Waals surface area (Å²) < 4.78 is 19.4. The summed E-state index contributed by atoms with van der Waals surface area (Å²) in [5, 5.41) is 0. The van der Waals surface area contributed by atoms with Crippen molar-refractivity contribution >= 4 is 51.0 Å². The van der Waals surface area contributed by atoms with E-state index in [0.717, 1.165) is 22.3 Å². The lowest BCUT2D eigenvalue weighted by atomic mass is 9.93. The van der Waals surface area contributed by atoms with Crippen LogP contribution in [-0.2, 0) is 20.9 Å². The SMILES string of the molecule is CCOC(=O)C1=C(c2ccccc2)N=c2s/c(=C\c3ccc(OCc4ccc(C(=O)OCC)cc4)c(Br)c3)c(=O)n2[C@@H]1c1ccccc1. The lowest BCUT2D eigenvalue weighted by Gasteiger charge is -2.25. The third-order valence-electron chi connectivity index (χ3n) is 7.60. The number of fused-ring (bicyclic) bond motifs is 1. The molecule has 0 saturated carbocycles. The van der Waals surface area contributed by atoms with E-state index in [1.165, 1.54) is 11.3 Å². The highest BCUT2D eigenvalue weighted by Crippen LogP contribution is 2.35. The fourth-order valence-corrected chi connectivity index (χ4v) is 6.89. The van der Waals surface area contributed by atoms with Gasteiger partial charge in [-0.3, -0.25) is 9.36 Å². The van der Waals surface area contributed by atoms with E-state index in [1.54, 1.807) is 30.5 Å². The quantitative estimate of drug-likeness (QED) is 0.154. The largest absolute Gasteiger partial charge is 0.488 e. The summed E-state index contributed by atoms with van der Waals surface area (Å²) in [7, 11) is 0. The highest BCUT2D eigenvalue weighted by molar-refractivity contribution is 9.10. The molecule has 5 aromatic rings. The van der Waals surface area contributed by atoms with Crippen LogP contribution in [0.15, 0.2) is 123 Å². The van der Waals surface area contributed by atoms with Gasteiger partial charge in [-0.25, -0.2) is 14.6 Å². The van der Waals surface area contributed by atoms with E-state index in [0.29, 0.717) is 49.6 Å². The van der Waals surface area contributed by atoms with Crippen LogP contribution in [0.3, 0.4) is 0 Å². The number of nitrogens with zero attached hydrogens (tertiary/aromatic N) is 2. The summed E-state index contributed by atoms with van der Waals surface area (Å²) in [6, 6.07) is 30.9. The molecule has 48 heavy (non-hydrogen) atoms. The zero-order chi connectivity index (χ0) is 33.6. The van der Waals surface area contributed by atoms with E-state index in [-0.39, 0.29) is 18.1 Å². The number of hydrogen-bond donors (Lipinski definition) is 0. The van der Waals surface area contributed by atoms with E-state index in [2.05, 4.69) is 15.9 Å². The van der Waals surface area contributed by atoms with Crippen molar-refractivity contribution in [1.82, 2.24) is 4.57 Å². The molecule has 0 spiro atoms. The van der Waals surface area contributed by atoms with Crippen LogP contribution in [0.4, 0.5) is 0 Å². The fourth-order valence-electron chi connectivity index (χ4n) is 5.38. The third kappa shape index (κ3) is 6.95. The van der Waals surface area contributed by atoms with Gasteiger partial charge < -0.3 is 14.2 Å². The molecule has 1 atom stereocenters. The number of thiazole rings is 1. The van der Waals surface area contributed by atoms with Crippen LogP contribution in [0.2, 0.25) is 0 Å². The third-order valence-corrected chi connectivity index (χ3v) is 9.20. The Balaban J connectivity index is 1.35. The fraction of sp³-hybridized carbons (Fsp3) is 0.158. The van der Waals surface area contributed by atoms with Crippen molar-refractivity contribution in [1.29, 1.82) is 0 Å². The van der Waals surface area contributed by atoms with Crippen LogP contribution in [0.1, 0.15) is 52.5 Å². The second kappa shape index (κ2) is 14.8. The number of benzene rings is 4. The van der Waals surface area contributed by atoms with Crippen molar-refractivity contribution in [3.8, 4) is 5.75 Å². The van der Waals surface area contributed by atoms with Gasteiger partial charge >= 0.3 is 11.9 Å². The first kappa shape index (κ1) is 32.9. The van der Waals surface area contributed by atoms with Gasteiger partial charge in [-0.05, 0) is 76.8 Å². The van der Waals surface area contributed by atoms with Crippen LogP contribution in [0.5, 0.6) is 5.75 Å². The molecule has 1 aliphatic rings. The standard InChI is InChI=1S/C38H31BrN2O6S/c1-3-45-36(43)28-18-15-24(16-19-28)23-47-30-20-17-25(21-29(30)39)22-31-35(42)41-34(27-13-9-6-10-14-27)32(37(44)46-4-2)33(40-38(41)48-31)26-11-7-5-8-12-26/h5-22,34H,3-4,23H2,1-2H3/b31-22-/t34-/m1/s1. The maximum absolute atomic E-state index is 14.1. The Bertz CT molecular complexity index is 2170. The molecule has 10 heteroatoms. The number of halogens is 1. The van der Waals surface area contributed by atoms with Crippen molar-refractivity contribution in [3.05, 3.63) is 161 Å². The minimum absolute atomic E-state index is 0.187. The van der Waals surface area contributed by atoms with Crippen molar-refractivity contribution < 1.29 is 23.8 Å². The molecule has 0 amide bonds. The Hall–Kier alpha value is -5.06. The molecular weight excluding hydrogens is 692 g/mol. The minimum Gasteiger partial charge on any atom is -0.488 e. The summed E-state index contributed by atoms with van der Waals surface area (Å²) in [6.45, 7) is 4.33. The maximum atomic E-state index is 14.1. The highest BCUT2D eigenvalue weighted by atomic mass is 79.9. The molecule has 6 rings (SSSR count). The molecule has 242 valence electrons. The molecular formula is C38H31BrN2O6S. The first-order chi connectivity index (χ1) is 23.4. The van der Waals surface area contributed by atoms with Gasteiger partial charge in [0.25, 0.3) is 5.56 Å². The van der Waals surface area contributed by atoms with Gasteiger partial charge in [0.15, 0.2) is 4.80 Å². The number of carbonyl (C=O) groups excluding carboxylic acids is 2. The Kier molecular flexibility index (Phi) is 10.1. The number of rotatable bonds is 10. The van der Waals surface area contributed by atoms with Crippen molar-refractivity contribution in [2.24, 2.45) is 4.99 Å². The molecule has 8 nitrogen and oxygen atoms in total. The smallest absolute Gasteiger partial charge is 0.338 e. The Morgan fingerprint density at radius 2 is 1.54 bits per heavy atom. The van der Waals surface area contributed by atoms with Crippen LogP contribution < -0.4 is 19.6 Å². The van der Waals surface area contributed by atoms with Gasteiger partial charge in [-0.2, -0.15) is 0 Å². The molecule has 0 saturated heterocycles. The molecule has 4 aromatic carbocycles. The Morgan fingerprint density at radius 3 is 2.21 bits per heavy atom. The average molecular weight is 724 g/mol. The van der Waals surface area contributed by atoms with Crippen molar-refractivity contribution in [3.63, 3.8) is 0 Å². The monoisotopic (exact) mass is 722 g/mol. The van der Waals surface area contributed by atoms with E-state index in [1.807, 2.05) is 97.1 Å². The number of ether oxygens (including phenoxy) is 3. The number of hydrogen-bond acceptors (Lipinski definition) is 8. The van der Waals surface area contributed by atoms with E-state index in [4.69, 9.17) is 19.2 Å². The molecule has 0 N–H and O–H groups in total. The predicted octanol–water partition coefficient (Wildman–Crippen LogP) is 6.45. The summed E-state index contributed by atoms with van der Waals surface area (Å²) in [4.78, 5) is 45.0. The molecule has 0 radical (unpaired) electrons. The normalized spacial score (nSPS) is 14.2. The van der Waals surface area contributed by atoms with E-state index >= 15 is 0 Å². The predicted molar refractivity (Wildman–Crippen MR) is 188 cm³/mol. The molecule has 1 aliphatic heterocycles. The zero-order valence-electron chi connectivity index (χ0n) is 26.2. The molecule has 2 heterocycles. The minimum atomic E-state index is -0.729. The number of aromatic nitrogens is 1. The summed E-state index contributed by atoms with van der Waals surface area (Å²) in [5.41, 5.74) is 4.23. The Labute approximate surface area is 289 Å². The summed E-state index contributed by atoms with van der Waals surface area (Å²) in [5.74, 6) is -0.251. The van der Waals surface area contributed by atoms with Crippen LogP contribution in [-0.4, -0.2) is 29.7 Å². The second-order valence-electron chi connectivity index (χ2n) is 10.7. The van der Waals surface area contributed by atoms with Crippen molar-refractivity contribution in [2.75, 3.05) is 13.2 Å². The van der Waals surface area contributed by atoms with Gasteiger partial charge in [0, 0.05) is 5.56 Å². The summed E-state index contributed by atoms with van der Waals surface area (Å²) >= 11 is 4.87. The maximum Gasteiger partial charge on any atom is 0.338 e. The first-order valence-electron chi connectivity index (χ1n) is 15.4. The Morgan fingerprint density at radius 1 is 0.875 bits per heavy atom. The first-order valence-corrected chi connectivity index (χ1v) is 17.0.